The molecule has 1 N–H and O–H groups in total. The molecule has 0 spiro atoms. The largest absolute Gasteiger partial charge is 0.483 e. The molecule has 3 rings (SSSR count). The lowest BCUT2D eigenvalue weighted by molar-refractivity contribution is -0.122. The summed E-state index contributed by atoms with van der Waals surface area (Å²) in [7, 11) is 2.21. The molecule has 2 aromatic rings. The number of rotatable bonds is 2. The van der Waals surface area contributed by atoms with E-state index in [1.54, 1.807) is 19.1 Å². The van der Waals surface area contributed by atoms with Crippen molar-refractivity contribution in [1.29, 1.82) is 5.26 Å². The van der Waals surface area contributed by atoms with E-state index in [2.05, 4.69) is 25.8 Å². The minimum absolute atomic E-state index is 0.250. The molecule has 4 nitrogen and oxygen atoms in total. The SMILES string of the molecule is CC(C)C1CCN(C)C1.CCc1cc(F)ccc1F.Cc1ccc(C#N)c(Cl)c1.O=CO. The summed E-state index contributed by atoms with van der Waals surface area (Å²) in [5.41, 5.74) is 2.04. The second-order valence-electron chi connectivity index (χ2n) is 7.84. The van der Waals surface area contributed by atoms with Gasteiger partial charge in [-0.15, -0.1) is 0 Å². The predicted molar refractivity (Wildman–Crippen MR) is 126 cm³/mol. The van der Waals surface area contributed by atoms with Crippen molar-refractivity contribution in [2.45, 2.75) is 40.5 Å². The van der Waals surface area contributed by atoms with Crippen LogP contribution in [0.4, 0.5) is 8.78 Å². The number of carboxylic acid groups (broad SMARTS) is 1. The highest BCUT2D eigenvalue weighted by molar-refractivity contribution is 6.31. The Bertz CT molecular complexity index is 861. The minimum atomic E-state index is -0.377. The summed E-state index contributed by atoms with van der Waals surface area (Å²) in [5.74, 6) is 1.15. The summed E-state index contributed by atoms with van der Waals surface area (Å²) in [6.07, 6.45) is 1.94. The second-order valence-corrected chi connectivity index (χ2v) is 8.25. The van der Waals surface area contributed by atoms with Crippen LogP contribution in [0.25, 0.3) is 0 Å². The summed E-state index contributed by atoms with van der Waals surface area (Å²) < 4.78 is 25.0. The first-order valence-corrected chi connectivity index (χ1v) is 10.8. The topological polar surface area (TPSA) is 64.3 Å². The number of carbonyl (C=O) groups is 1. The fourth-order valence-corrected chi connectivity index (χ4v) is 3.32. The molecule has 1 aliphatic rings. The van der Waals surface area contributed by atoms with Crippen molar-refractivity contribution in [2.24, 2.45) is 11.8 Å². The second kappa shape index (κ2) is 16.2. The highest BCUT2D eigenvalue weighted by Crippen LogP contribution is 2.21. The molecule has 1 unspecified atom stereocenters. The Morgan fingerprint density at radius 1 is 1.28 bits per heavy atom. The number of nitriles is 1. The summed E-state index contributed by atoms with van der Waals surface area (Å²) in [6, 6.07) is 10.8. The van der Waals surface area contributed by atoms with Crippen molar-refractivity contribution in [3.8, 4) is 6.07 Å². The van der Waals surface area contributed by atoms with Crippen LogP contribution in [0.1, 0.15) is 43.9 Å². The quantitative estimate of drug-likeness (QED) is 0.524. The fourth-order valence-electron chi connectivity index (χ4n) is 3.04. The average Bonchev–Trinajstić information content (AvgIpc) is 3.18. The van der Waals surface area contributed by atoms with Gasteiger partial charge in [0.25, 0.3) is 6.47 Å². The number of hydrogen-bond donors (Lipinski definition) is 1. The van der Waals surface area contributed by atoms with Crippen LogP contribution in [-0.4, -0.2) is 36.6 Å². The van der Waals surface area contributed by atoms with E-state index >= 15 is 0 Å². The van der Waals surface area contributed by atoms with Gasteiger partial charge in [0, 0.05) is 6.54 Å². The number of likely N-dealkylation sites (tertiary alicyclic amines) is 1. The van der Waals surface area contributed by atoms with Crippen LogP contribution in [0.5, 0.6) is 0 Å². The number of aryl methyl sites for hydroxylation is 2. The first-order chi connectivity index (χ1) is 15.1. The van der Waals surface area contributed by atoms with Crippen LogP contribution in [0.2, 0.25) is 5.02 Å². The maximum Gasteiger partial charge on any atom is 0.290 e. The van der Waals surface area contributed by atoms with Crippen LogP contribution >= 0.6 is 11.6 Å². The molecular weight excluding hydrogens is 434 g/mol. The Morgan fingerprint density at radius 3 is 2.28 bits per heavy atom. The summed E-state index contributed by atoms with van der Waals surface area (Å²) >= 11 is 5.71. The first-order valence-electron chi connectivity index (χ1n) is 10.5. The molecule has 0 radical (unpaired) electrons. The standard InChI is InChI=1S/C8H6ClN.C8H8F2.C8H17N.CH2O2/c1-6-2-3-7(5-10)8(9)4-6;1-2-6-5-7(9)3-4-8(6)10;1-7(2)8-4-5-9(3)6-8;2-1-3/h2-4H,1H3;3-5H,2H2,1H3;7-8H,4-6H2,1-3H3;1H,(H,2,3). The van der Waals surface area contributed by atoms with E-state index in [-0.39, 0.29) is 18.1 Å². The van der Waals surface area contributed by atoms with E-state index in [0.29, 0.717) is 22.6 Å². The van der Waals surface area contributed by atoms with Gasteiger partial charge in [0.05, 0.1) is 10.6 Å². The molecule has 1 fully saturated rings. The third-order valence-corrected chi connectivity index (χ3v) is 5.32. The number of nitrogens with zero attached hydrogens (tertiary/aromatic N) is 2. The van der Waals surface area contributed by atoms with Gasteiger partial charge in [0.2, 0.25) is 0 Å². The van der Waals surface area contributed by atoms with Crippen molar-refractivity contribution in [3.05, 3.63) is 69.7 Å². The summed E-state index contributed by atoms with van der Waals surface area (Å²) in [6.45, 7) is 10.7. The third-order valence-electron chi connectivity index (χ3n) is 5.00. The molecule has 0 amide bonds. The number of halogens is 3. The highest BCUT2D eigenvalue weighted by atomic mass is 35.5. The van der Waals surface area contributed by atoms with Crippen molar-refractivity contribution in [3.63, 3.8) is 0 Å². The lowest BCUT2D eigenvalue weighted by Gasteiger charge is -2.13. The Balaban J connectivity index is 0.000000425. The van der Waals surface area contributed by atoms with Crippen LogP contribution in [0.3, 0.4) is 0 Å². The minimum Gasteiger partial charge on any atom is -0.483 e. The Kier molecular flexibility index (Phi) is 14.9. The monoisotopic (exact) mass is 466 g/mol. The molecule has 1 heterocycles. The third kappa shape index (κ3) is 11.8. The van der Waals surface area contributed by atoms with Gasteiger partial charge < -0.3 is 10.0 Å². The lowest BCUT2D eigenvalue weighted by Crippen LogP contribution is -2.16. The van der Waals surface area contributed by atoms with E-state index in [0.717, 1.165) is 29.5 Å². The Labute approximate surface area is 195 Å². The van der Waals surface area contributed by atoms with Crippen LogP contribution in [0, 0.1) is 41.7 Å². The number of hydrogen-bond acceptors (Lipinski definition) is 3. The molecular formula is C25H33ClF2N2O2. The van der Waals surface area contributed by atoms with Crippen molar-refractivity contribution in [2.75, 3.05) is 20.1 Å². The van der Waals surface area contributed by atoms with E-state index < -0.39 is 0 Å². The summed E-state index contributed by atoms with van der Waals surface area (Å²) in [5, 5.41) is 15.9. The average molecular weight is 467 g/mol. The molecule has 32 heavy (non-hydrogen) atoms. The van der Waals surface area contributed by atoms with Gasteiger partial charge in [-0.2, -0.15) is 5.26 Å². The van der Waals surface area contributed by atoms with Gasteiger partial charge >= 0.3 is 0 Å². The van der Waals surface area contributed by atoms with Crippen LogP contribution in [-0.2, 0) is 11.2 Å². The molecule has 1 aliphatic heterocycles. The van der Waals surface area contributed by atoms with E-state index in [9.17, 15) is 8.78 Å². The molecule has 0 saturated carbocycles. The van der Waals surface area contributed by atoms with Gasteiger partial charge in [0.1, 0.15) is 17.7 Å². The highest BCUT2D eigenvalue weighted by Gasteiger charge is 2.21. The van der Waals surface area contributed by atoms with Crippen LogP contribution in [0.15, 0.2) is 36.4 Å². The zero-order valence-corrected chi connectivity index (χ0v) is 20.2. The smallest absolute Gasteiger partial charge is 0.290 e. The number of benzene rings is 2. The molecule has 0 aromatic heterocycles. The zero-order chi connectivity index (χ0) is 24.7. The molecule has 176 valence electrons. The first kappa shape index (κ1) is 29.5. The van der Waals surface area contributed by atoms with Gasteiger partial charge in [-0.05, 0) is 86.7 Å². The summed E-state index contributed by atoms with van der Waals surface area (Å²) in [4.78, 5) is 10.8. The lowest BCUT2D eigenvalue weighted by atomic mass is 9.95. The molecule has 7 heteroatoms. The van der Waals surface area contributed by atoms with Crippen molar-refractivity contribution < 1.29 is 18.7 Å². The molecule has 0 bridgehead atoms. The van der Waals surface area contributed by atoms with Crippen molar-refractivity contribution in [1.82, 2.24) is 4.90 Å². The molecule has 1 atom stereocenters. The van der Waals surface area contributed by atoms with E-state index in [1.165, 1.54) is 25.6 Å². The molecule has 1 saturated heterocycles. The van der Waals surface area contributed by atoms with E-state index in [1.807, 2.05) is 19.1 Å². The predicted octanol–water partition coefficient (Wildman–Crippen LogP) is 6.34. The van der Waals surface area contributed by atoms with Gasteiger partial charge in [-0.3, -0.25) is 4.79 Å². The zero-order valence-electron chi connectivity index (χ0n) is 19.4. The Hall–Kier alpha value is -2.49. The Morgan fingerprint density at radius 2 is 1.91 bits per heavy atom. The molecule has 2 aromatic carbocycles. The van der Waals surface area contributed by atoms with Gasteiger partial charge in [0.15, 0.2) is 0 Å². The molecule has 0 aliphatic carbocycles. The van der Waals surface area contributed by atoms with Crippen molar-refractivity contribution >= 4 is 18.1 Å². The van der Waals surface area contributed by atoms with Crippen LogP contribution < -0.4 is 0 Å². The van der Waals surface area contributed by atoms with E-state index in [4.69, 9.17) is 26.8 Å². The maximum absolute atomic E-state index is 12.6. The normalized spacial score (nSPS) is 14.7. The maximum atomic E-state index is 12.6. The fraction of sp³-hybridized carbons (Fsp3) is 0.440. The van der Waals surface area contributed by atoms with Gasteiger partial charge in [-0.1, -0.05) is 38.4 Å². The van der Waals surface area contributed by atoms with Gasteiger partial charge in [-0.25, -0.2) is 8.78 Å².